The fraction of sp³-hybridized carbons (Fsp3) is 0.933. The molecule has 0 spiro atoms. The average Bonchev–Trinajstić information content (AvgIpc) is 2.46. The minimum Gasteiger partial charge on any atom is -0.330 e. The maximum absolute atomic E-state index is 12.9. The van der Waals surface area contributed by atoms with Gasteiger partial charge in [-0.2, -0.15) is 13.2 Å². The lowest BCUT2D eigenvalue weighted by molar-refractivity contribution is -0.173. The molecule has 1 saturated heterocycles. The normalized spacial score (nSPS) is 23.4. The van der Waals surface area contributed by atoms with Gasteiger partial charge >= 0.3 is 6.18 Å². The van der Waals surface area contributed by atoms with Crippen molar-refractivity contribution < 1.29 is 18.0 Å². The van der Waals surface area contributed by atoms with Gasteiger partial charge in [-0.05, 0) is 38.6 Å². The van der Waals surface area contributed by atoms with Gasteiger partial charge in [0.2, 0.25) is 5.91 Å². The second-order valence-electron chi connectivity index (χ2n) is 5.93. The minimum atomic E-state index is -4.35. The second-order valence-corrected chi connectivity index (χ2v) is 5.93. The van der Waals surface area contributed by atoms with E-state index in [-0.39, 0.29) is 11.9 Å². The van der Waals surface area contributed by atoms with Crippen molar-refractivity contribution in [2.24, 2.45) is 5.41 Å². The van der Waals surface area contributed by atoms with Crippen molar-refractivity contribution in [3.63, 3.8) is 0 Å². The third kappa shape index (κ3) is 4.59. The molecule has 1 amide bonds. The van der Waals surface area contributed by atoms with Crippen LogP contribution in [0.1, 0.15) is 52.9 Å². The number of nitrogens with one attached hydrogen (secondary N) is 1. The van der Waals surface area contributed by atoms with Crippen molar-refractivity contribution in [2.75, 3.05) is 19.6 Å². The summed E-state index contributed by atoms with van der Waals surface area (Å²) >= 11 is 0. The highest BCUT2D eigenvalue weighted by molar-refractivity contribution is 5.83. The SMILES string of the molecule is CCC(CC)N(CC(F)(F)F)C(=O)C1(CC)CCCNC1. The van der Waals surface area contributed by atoms with Crippen LogP contribution in [0.2, 0.25) is 0 Å². The maximum atomic E-state index is 12.9. The summed E-state index contributed by atoms with van der Waals surface area (Å²) in [5.41, 5.74) is -0.675. The lowest BCUT2D eigenvalue weighted by Gasteiger charge is -2.42. The van der Waals surface area contributed by atoms with E-state index < -0.39 is 18.1 Å². The summed E-state index contributed by atoms with van der Waals surface area (Å²) in [4.78, 5) is 14.0. The first-order valence-electron chi connectivity index (χ1n) is 7.88. The zero-order valence-electron chi connectivity index (χ0n) is 13.2. The molecule has 0 bridgehead atoms. The topological polar surface area (TPSA) is 32.3 Å². The van der Waals surface area contributed by atoms with Crippen molar-refractivity contribution in [2.45, 2.75) is 65.1 Å². The number of alkyl halides is 3. The number of hydrogen-bond acceptors (Lipinski definition) is 2. The molecule has 0 aromatic carbocycles. The molecule has 0 aromatic rings. The van der Waals surface area contributed by atoms with Crippen LogP contribution in [0, 0.1) is 5.41 Å². The molecule has 1 aliphatic rings. The van der Waals surface area contributed by atoms with Crippen molar-refractivity contribution in [3.05, 3.63) is 0 Å². The number of amides is 1. The second kappa shape index (κ2) is 7.47. The number of nitrogens with zero attached hydrogens (tertiary/aromatic N) is 1. The van der Waals surface area contributed by atoms with Gasteiger partial charge in [0.1, 0.15) is 6.54 Å². The first-order valence-corrected chi connectivity index (χ1v) is 7.88. The fourth-order valence-electron chi connectivity index (χ4n) is 3.20. The molecule has 1 rings (SSSR count). The average molecular weight is 308 g/mol. The smallest absolute Gasteiger partial charge is 0.330 e. The highest BCUT2D eigenvalue weighted by Gasteiger charge is 2.45. The number of piperidine rings is 1. The molecule has 21 heavy (non-hydrogen) atoms. The van der Waals surface area contributed by atoms with Gasteiger partial charge in [-0.1, -0.05) is 20.8 Å². The van der Waals surface area contributed by atoms with E-state index in [1.165, 1.54) is 0 Å². The van der Waals surface area contributed by atoms with Crippen LogP contribution < -0.4 is 5.32 Å². The van der Waals surface area contributed by atoms with E-state index in [9.17, 15) is 18.0 Å². The van der Waals surface area contributed by atoms with Crippen molar-refractivity contribution >= 4 is 5.91 Å². The standard InChI is InChI=1S/C15H27F3N2O/c1-4-12(5-2)20(11-15(16,17)18)13(21)14(6-3)8-7-9-19-10-14/h12,19H,4-11H2,1-3H3. The van der Waals surface area contributed by atoms with E-state index >= 15 is 0 Å². The molecule has 6 heteroatoms. The van der Waals surface area contributed by atoms with Gasteiger partial charge < -0.3 is 10.2 Å². The molecule has 0 saturated carbocycles. The van der Waals surface area contributed by atoms with Crippen molar-refractivity contribution in [1.29, 1.82) is 0 Å². The summed E-state index contributed by atoms with van der Waals surface area (Å²) in [6.45, 7) is 5.74. The van der Waals surface area contributed by atoms with Crippen LogP contribution in [0.4, 0.5) is 13.2 Å². The predicted molar refractivity (Wildman–Crippen MR) is 77.0 cm³/mol. The van der Waals surface area contributed by atoms with Crippen molar-refractivity contribution in [3.8, 4) is 0 Å². The number of hydrogen-bond donors (Lipinski definition) is 1. The third-order valence-corrected chi connectivity index (χ3v) is 4.60. The van der Waals surface area contributed by atoms with E-state index in [0.717, 1.165) is 17.9 Å². The first-order chi connectivity index (χ1) is 9.79. The van der Waals surface area contributed by atoms with Gasteiger partial charge in [-0.15, -0.1) is 0 Å². The van der Waals surface area contributed by atoms with Crippen molar-refractivity contribution in [1.82, 2.24) is 10.2 Å². The first kappa shape index (κ1) is 18.3. The third-order valence-electron chi connectivity index (χ3n) is 4.60. The summed E-state index contributed by atoms with van der Waals surface area (Å²) in [5, 5.41) is 3.17. The fourth-order valence-corrected chi connectivity index (χ4v) is 3.20. The molecular weight excluding hydrogens is 281 g/mol. The molecule has 1 N–H and O–H groups in total. The Morgan fingerprint density at radius 2 is 1.90 bits per heavy atom. The predicted octanol–water partition coefficient (Wildman–Crippen LogP) is 3.35. The van der Waals surface area contributed by atoms with E-state index in [0.29, 0.717) is 32.2 Å². The summed E-state index contributed by atoms with van der Waals surface area (Å²) < 4.78 is 38.7. The molecular formula is C15H27F3N2O. The van der Waals surface area contributed by atoms with E-state index in [4.69, 9.17) is 0 Å². The Balaban J connectivity index is 3.02. The van der Waals surface area contributed by atoms with Crippen LogP contribution in [0.3, 0.4) is 0 Å². The van der Waals surface area contributed by atoms with Gasteiger partial charge in [-0.25, -0.2) is 0 Å². The van der Waals surface area contributed by atoms with Gasteiger partial charge in [0, 0.05) is 12.6 Å². The zero-order chi connectivity index (χ0) is 16.1. The van der Waals surface area contributed by atoms with Crippen LogP contribution in [0.15, 0.2) is 0 Å². The summed E-state index contributed by atoms with van der Waals surface area (Å²) in [6.07, 6.45) is -1.17. The Hall–Kier alpha value is -0.780. The summed E-state index contributed by atoms with van der Waals surface area (Å²) in [6, 6.07) is -0.343. The summed E-state index contributed by atoms with van der Waals surface area (Å²) in [5.74, 6) is -0.330. The quantitative estimate of drug-likeness (QED) is 0.816. The van der Waals surface area contributed by atoms with Gasteiger partial charge in [0.05, 0.1) is 5.41 Å². The molecule has 3 nitrogen and oxygen atoms in total. The Morgan fingerprint density at radius 1 is 1.29 bits per heavy atom. The minimum absolute atomic E-state index is 0.330. The number of halogens is 3. The molecule has 0 aliphatic carbocycles. The molecule has 0 aromatic heterocycles. The maximum Gasteiger partial charge on any atom is 0.406 e. The lowest BCUT2D eigenvalue weighted by atomic mass is 9.76. The highest BCUT2D eigenvalue weighted by atomic mass is 19.4. The Bertz CT molecular complexity index is 334. The van der Waals surface area contributed by atoms with Crippen LogP contribution in [0.25, 0.3) is 0 Å². The number of carbonyl (C=O) groups excluding carboxylic acids is 1. The molecule has 1 fully saturated rings. The molecule has 1 aliphatic heterocycles. The monoisotopic (exact) mass is 308 g/mol. The molecule has 1 atom stereocenters. The number of carbonyl (C=O) groups is 1. The van der Waals surface area contributed by atoms with E-state index in [1.807, 2.05) is 20.8 Å². The zero-order valence-corrected chi connectivity index (χ0v) is 13.2. The Labute approximate surface area is 125 Å². The highest BCUT2D eigenvalue weighted by Crippen LogP contribution is 2.34. The van der Waals surface area contributed by atoms with E-state index in [2.05, 4.69) is 5.32 Å². The van der Waals surface area contributed by atoms with Gasteiger partial charge in [-0.3, -0.25) is 4.79 Å². The van der Waals surface area contributed by atoms with Gasteiger partial charge in [0.25, 0.3) is 0 Å². The molecule has 0 radical (unpaired) electrons. The van der Waals surface area contributed by atoms with Crippen LogP contribution in [-0.4, -0.2) is 42.7 Å². The Kier molecular flexibility index (Phi) is 6.50. The van der Waals surface area contributed by atoms with Gasteiger partial charge in [0.15, 0.2) is 0 Å². The molecule has 1 heterocycles. The van der Waals surface area contributed by atoms with E-state index in [1.54, 1.807) is 0 Å². The van der Waals surface area contributed by atoms with Crippen LogP contribution >= 0.6 is 0 Å². The number of rotatable bonds is 6. The van der Waals surface area contributed by atoms with Crippen LogP contribution in [0.5, 0.6) is 0 Å². The largest absolute Gasteiger partial charge is 0.406 e. The Morgan fingerprint density at radius 3 is 2.29 bits per heavy atom. The molecule has 1 unspecified atom stereocenters. The van der Waals surface area contributed by atoms with Crippen LogP contribution in [-0.2, 0) is 4.79 Å². The lowest BCUT2D eigenvalue weighted by Crippen LogP contribution is -2.56. The summed E-state index contributed by atoms with van der Waals surface area (Å²) in [7, 11) is 0. The molecule has 124 valence electrons.